The van der Waals surface area contributed by atoms with Crippen LogP contribution in [0.4, 0.5) is 17.1 Å². The number of furan rings is 1. The average Bonchev–Trinajstić information content (AvgIpc) is 3.84. The lowest BCUT2D eigenvalue weighted by Crippen LogP contribution is -2.11. The molecule has 2 heterocycles. The van der Waals surface area contributed by atoms with Crippen LogP contribution in [0.15, 0.2) is 223 Å². The standard InChI is InChI=1S/C54H36N2O/c1-3-13-37(14-4-1)39-23-29-42(30-24-39)55(43-31-25-40(26-32-43)38-15-5-2-6-16-38)51-36-35-48-47-19-9-12-22-52(47)57-54(48)53(51)41-27-33-44(34-28-41)56-49-20-10-7-17-45(49)46-18-8-11-21-50(46)56/h1-36H. The predicted octanol–water partition coefficient (Wildman–Crippen LogP) is 15.2. The summed E-state index contributed by atoms with van der Waals surface area (Å²) in [6, 6.07) is 78.0. The molecule has 0 aliphatic rings. The zero-order chi connectivity index (χ0) is 37.7. The lowest BCUT2D eigenvalue weighted by atomic mass is 9.97. The molecule has 2 aromatic heterocycles. The van der Waals surface area contributed by atoms with Crippen molar-refractivity contribution in [1.29, 1.82) is 0 Å². The molecular formula is C54H36N2O. The second kappa shape index (κ2) is 13.6. The number of fused-ring (bicyclic) bond motifs is 6. The molecule has 57 heavy (non-hydrogen) atoms. The van der Waals surface area contributed by atoms with Crippen molar-refractivity contribution in [3.05, 3.63) is 218 Å². The molecule has 9 aromatic carbocycles. The molecule has 0 aliphatic heterocycles. The highest BCUT2D eigenvalue weighted by Gasteiger charge is 2.23. The molecule has 0 aliphatic carbocycles. The number of benzene rings is 9. The Kier molecular flexibility index (Phi) is 7.82. The molecule has 3 nitrogen and oxygen atoms in total. The molecule has 0 fully saturated rings. The lowest BCUT2D eigenvalue weighted by molar-refractivity contribution is 0.670. The second-order valence-corrected chi connectivity index (χ2v) is 14.5. The fourth-order valence-corrected chi connectivity index (χ4v) is 8.52. The van der Waals surface area contributed by atoms with E-state index in [9.17, 15) is 0 Å². The van der Waals surface area contributed by atoms with E-state index < -0.39 is 0 Å². The lowest BCUT2D eigenvalue weighted by Gasteiger charge is -2.28. The highest BCUT2D eigenvalue weighted by atomic mass is 16.3. The van der Waals surface area contributed by atoms with Crippen molar-refractivity contribution in [2.45, 2.75) is 0 Å². The maximum atomic E-state index is 6.84. The van der Waals surface area contributed by atoms with E-state index in [0.29, 0.717) is 0 Å². The summed E-state index contributed by atoms with van der Waals surface area (Å²) in [4.78, 5) is 2.37. The van der Waals surface area contributed by atoms with Crippen LogP contribution in [0.1, 0.15) is 0 Å². The molecule has 268 valence electrons. The average molecular weight is 729 g/mol. The van der Waals surface area contributed by atoms with E-state index in [1.165, 1.54) is 44.1 Å². The Morgan fingerprint density at radius 1 is 0.333 bits per heavy atom. The smallest absolute Gasteiger partial charge is 0.145 e. The van der Waals surface area contributed by atoms with Gasteiger partial charge in [-0.1, -0.05) is 152 Å². The van der Waals surface area contributed by atoms with Gasteiger partial charge in [-0.2, -0.15) is 0 Å². The van der Waals surface area contributed by atoms with Gasteiger partial charge in [-0.25, -0.2) is 0 Å². The molecule has 0 spiro atoms. The van der Waals surface area contributed by atoms with Gasteiger partial charge in [-0.05, 0) is 94.5 Å². The Balaban J connectivity index is 1.12. The fourth-order valence-electron chi connectivity index (χ4n) is 8.52. The maximum Gasteiger partial charge on any atom is 0.145 e. The van der Waals surface area contributed by atoms with Gasteiger partial charge in [0.25, 0.3) is 0 Å². The van der Waals surface area contributed by atoms with Crippen LogP contribution in [0.3, 0.4) is 0 Å². The maximum absolute atomic E-state index is 6.84. The summed E-state index contributed by atoms with van der Waals surface area (Å²) in [5.74, 6) is 0. The van der Waals surface area contributed by atoms with Crippen LogP contribution in [0.2, 0.25) is 0 Å². The predicted molar refractivity (Wildman–Crippen MR) is 239 cm³/mol. The van der Waals surface area contributed by atoms with Crippen LogP contribution in [0.25, 0.3) is 82.8 Å². The zero-order valence-electron chi connectivity index (χ0n) is 31.1. The zero-order valence-corrected chi connectivity index (χ0v) is 31.1. The minimum Gasteiger partial charge on any atom is -0.455 e. The third kappa shape index (κ3) is 5.60. The van der Waals surface area contributed by atoms with E-state index in [-0.39, 0.29) is 0 Å². The summed E-state index contributed by atoms with van der Waals surface area (Å²) in [6.45, 7) is 0. The van der Waals surface area contributed by atoms with Crippen molar-refractivity contribution in [1.82, 2.24) is 4.57 Å². The van der Waals surface area contributed by atoms with Crippen LogP contribution in [-0.4, -0.2) is 4.57 Å². The molecule has 0 atom stereocenters. The highest BCUT2D eigenvalue weighted by molar-refractivity contribution is 6.13. The molecule has 3 heteroatoms. The molecule has 0 unspecified atom stereocenters. The first-order valence-electron chi connectivity index (χ1n) is 19.4. The van der Waals surface area contributed by atoms with Gasteiger partial charge < -0.3 is 13.9 Å². The van der Waals surface area contributed by atoms with Crippen molar-refractivity contribution in [3.63, 3.8) is 0 Å². The summed E-state index contributed by atoms with van der Waals surface area (Å²) >= 11 is 0. The van der Waals surface area contributed by atoms with Crippen LogP contribution < -0.4 is 4.90 Å². The van der Waals surface area contributed by atoms with Crippen LogP contribution in [0, 0.1) is 0 Å². The number of hydrogen-bond acceptors (Lipinski definition) is 2. The van der Waals surface area contributed by atoms with Crippen molar-refractivity contribution in [2.24, 2.45) is 0 Å². The van der Waals surface area contributed by atoms with Crippen molar-refractivity contribution >= 4 is 60.8 Å². The normalized spacial score (nSPS) is 11.5. The molecule has 0 radical (unpaired) electrons. The minimum atomic E-state index is 0.866. The van der Waals surface area contributed by atoms with Gasteiger partial charge in [0.05, 0.1) is 16.7 Å². The van der Waals surface area contributed by atoms with Crippen LogP contribution in [-0.2, 0) is 0 Å². The summed E-state index contributed by atoms with van der Waals surface area (Å²) in [7, 11) is 0. The number of rotatable bonds is 7. The third-order valence-corrected chi connectivity index (χ3v) is 11.2. The molecule has 11 rings (SSSR count). The first kappa shape index (κ1) is 32.8. The molecule has 0 bridgehead atoms. The molecule has 0 N–H and O–H groups in total. The Bertz CT molecular complexity index is 3060. The van der Waals surface area contributed by atoms with E-state index in [1.54, 1.807) is 0 Å². The summed E-state index contributed by atoms with van der Waals surface area (Å²) in [5.41, 5.74) is 15.2. The van der Waals surface area contributed by atoms with Crippen molar-refractivity contribution in [3.8, 4) is 39.1 Å². The first-order valence-corrected chi connectivity index (χ1v) is 19.4. The molecular weight excluding hydrogens is 693 g/mol. The molecule has 0 amide bonds. The summed E-state index contributed by atoms with van der Waals surface area (Å²) < 4.78 is 9.21. The quantitative estimate of drug-likeness (QED) is 0.163. The van der Waals surface area contributed by atoms with Gasteiger partial charge >= 0.3 is 0 Å². The van der Waals surface area contributed by atoms with Crippen molar-refractivity contribution < 1.29 is 4.42 Å². The van der Waals surface area contributed by atoms with Gasteiger partial charge in [-0.3, -0.25) is 0 Å². The van der Waals surface area contributed by atoms with Gasteiger partial charge in [0.2, 0.25) is 0 Å². The Hall–Kier alpha value is -7.62. The van der Waals surface area contributed by atoms with Crippen LogP contribution >= 0.6 is 0 Å². The number of hydrogen-bond donors (Lipinski definition) is 0. The third-order valence-electron chi connectivity index (χ3n) is 11.2. The van der Waals surface area contributed by atoms with Gasteiger partial charge in [0.1, 0.15) is 11.2 Å². The summed E-state index contributed by atoms with van der Waals surface area (Å²) in [5, 5.41) is 4.69. The second-order valence-electron chi connectivity index (χ2n) is 14.5. The summed E-state index contributed by atoms with van der Waals surface area (Å²) in [6.07, 6.45) is 0. The minimum absolute atomic E-state index is 0.866. The number of para-hydroxylation sites is 3. The van der Waals surface area contributed by atoms with E-state index in [0.717, 1.165) is 55.8 Å². The van der Waals surface area contributed by atoms with E-state index >= 15 is 0 Å². The van der Waals surface area contributed by atoms with E-state index in [4.69, 9.17) is 4.42 Å². The molecule has 11 aromatic rings. The Morgan fingerprint density at radius 3 is 1.35 bits per heavy atom. The van der Waals surface area contributed by atoms with E-state index in [1.807, 2.05) is 6.07 Å². The first-order chi connectivity index (χ1) is 28.3. The molecule has 0 saturated heterocycles. The van der Waals surface area contributed by atoms with Crippen molar-refractivity contribution in [2.75, 3.05) is 4.90 Å². The van der Waals surface area contributed by atoms with Crippen LogP contribution in [0.5, 0.6) is 0 Å². The SMILES string of the molecule is c1ccc(-c2ccc(N(c3ccc(-c4ccccc4)cc3)c3ccc4c(oc5ccccc54)c3-c3ccc(-n4c5ccccc5c5ccccc54)cc3)cc2)cc1. The number of anilines is 3. The Morgan fingerprint density at radius 2 is 0.789 bits per heavy atom. The highest BCUT2D eigenvalue weighted by Crippen LogP contribution is 2.47. The fraction of sp³-hybridized carbons (Fsp3) is 0. The van der Waals surface area contributed by atoms with Gasteiger partial charge in [-0.15, -0.1) is 0 Å². The van der Waals surface area contributed by atoms with E-state index in [2.05, 4.69) is 222 Å². The monoisotopic (exact) mass is 728 g/mol. The number of nitrogens with zero attached hydrogens (tertiary/aromatic N) is 2. The number of aromatic nitrogens is 1. The molecule has 0 saturated carbocycles. The largest absolute Gasteiger partial charge is 0.455 e. The Labute approximate surface area is 330 Å². The van der Waals surface area contributed by atoms with Gasteiger partial charge in [0, 0.05) is 44.2 Å². The van der Waals surface area contributed by atoms with Gasteiger partial charge in [0.15, 0.2) is 0 Å². The topological polar surface area (TPSA) is 21.3 Å².